The second-order valence-electron chi connectivity index (χ2n) is 5.51. The SMILES string of the molecule is CC(C)(C)CCOc1ccc(Br)c(/C=C/C(=O)O)c1. The van der Waals surface area contributed by atoms with Crippen LogP contribution in [0, 0.1) is 5.41 Å². The molecule has 4 heteroatoms. The Bertz CT molecular complexity index is 473. The van der Waals surface area contributed by atoms with Crippen molar-refractivity contribution in [3.63, 3.8) is 0 Å². The van der Waals surface area contributed by atoms with Crippen LogP contribution in [0.4, 0.5) is 0 Å². The Labute approximate surface area is 122 Å². The van der Waals surface area contributed by atoms with E-state index in [9.17, 15) is 4.79 Å². The minimum absolute atomic E-state index is 0.238. The van der Waals surface area contributed by atoms with Gasteiger partial charge in [0.05, 0.1) is 6.61 Å². The smallest absolute Gasteiger partial charge is 0.328 e. The number of hydrogen-bond acceptors (Lipinski definition) is 2. The molecule has 0 atom stereocenters. The molecular weight excluding hydrogens is 308 g/mol. The van der Waals surface area contributed by atoms with Gasteiger partial charge in [0, 0.05) is 10.5 Å². The fraction of sp³-hybridized carbons (Fsp3) is 0.400. The van der Waals surface area contributed by atoms with Gasteiger partial charge in [-0.3, -0.25) is 0 Å². The van der Waals surface area contributed by atoms with Crippen molar-refractivity contribution < 1.29 is 14.6 Å². The van der Waals surface area contributed by atoms with Crippen LogP contribution in [0.2, 0.25) is 0 Å². The number of ether oxygens (including phenoxy) is 1. The minimum atomic E-state index is -0.967. The summed E-state index contributed by atoms with van der Waals surface area (Å²) < 4.78 is 6.52. The molecular formula is C15H19BrO3. The Morgan fingerprint density at radius 2 is 2.11 bits per heavy atom. The first-order valence-electron chi connectivity index (χ1n) is 6.11. The quantitative estimate of drug-likeness (QED) is 0.817. The molecule has 0 aromatic heterocycles. The van der Waals surface area contributed by atoms with Crippen molar-refractivity contribution in [3.05, 3.63) is 34.3 Å². The van der Waals surface area contributed by atoms with E-state index in [1.807, 2.05) is 18.2 Å². The lowest BCUT2D eigenvalue weighted by Crippen LogP contribution is -2.11. The molecule has 3 nitrogen and oxygen atoms in total. The van der Waals surface area contributed by atoms with Crippen LogP contribution in [0.1, 0.15) is 32.8 Å². The lowest BCUT2D eigenvalue weighted by Gasteiger charge is -2.18. The molecule has 0 radical (unpaired) electrons. The van der Waals surface area contributed by atoms with E-state index < -0.39 is 5.97 Å². The van der Waals surface area contributed by atoms with Crippen molar-refractivity contribution in [3.8, 4) is 5.75 Å². The standard InChI is InChI=1S/C15H19BrO3/c1-15(2,3)8-9-19-12-5-6-13(16)11(10-12)4-7-14(17)18/h4-7,10H,8-9H2,1-3H3,(H,17,18)/b7-4+. The number of hydrogen-bond donors (Lipinski definition) is 1. The van der Waals surface area contributed by atoms with Gasteiger partial charge in [0.15, 0.2) is 0 Å². The first-order chi connectivity index (χ1) is 8.78. The van der Waals surface area contributed by atoms with E-state index in [-0.39, 0.29) is 5.41 Å². The topological polar surface area (TPSA) is 46.5 Å². The summed E-state index contributed by atoms with van der Waals surface area (Å²) in [5.74, 6) is -0.219. The molecule has 0 aliphatic rings. The number of halogens is 1. The zero-order valence-corrected chi connectivity index (χ0v) is 13.0. The highest BCUT2D eigenvalue weighted by atomic mass is 79.9. The van der Waals surface area contributed by atoms with Crippen LogP contribution >= 0.6 is 15.9 Å². The van der Waals surface area contributed by atoms with Crippen molar-refractivity contribution in [1.82, 2.24) is 0 Å². The van der Waals surface area contributed by atoms with Crippen molar-refractivity contribution in [2.45, 2.75) is 27.2 Å². The molecule has 0 bridgehead atoms. The normalized spacial score (nSPS) is 11.8. The fourth-order valence-corrected chi connectivity index (χ4v) is 1.75. The average molecular weight is 327 g/mol. The molecule has 1 N–H and O–H groups in total. The second kappa shape index (κ2) is 6.75. The van der Waals surface area contributed by atoms with E-state index in [0.717, 1.165) is 28.3 Å². The number of aliphatic carboxylic acids is 1. The van der Waals surface area contributed by atoms with Crippen molar-refractivity contribution in [1.29, 1.82) is 0 Å². The van der Waals surface area contributed by atoms with Crippen LogP contribution < -0.4 is 4.74 Å². The summed E-state index contributed by atoms with van der Waals surface area (Å²) in [6.07, 6.45) is 3.62. The third kappa shape index (κ3) is 6.43. The van der Waals surface area contributed by atoms with Crippen molar-refractivity contribution >= 4 is 28.0 Å². The maximum Gasteiger partial charge on any atom is 0.328 e. The van der Waals surface area contributed by atoms with Gasteiger partial charge in [-0.15, -0.1) is 0 Å². The average Bonchev–Trinajstić information content (AvgIpc) is 2.27. The molecule has 0 amide bonds. The van der Waals surface area contributed by atoms with Gasteiger partial charge < -0.3 is 9.84 Å². The van der Waals surface area contributed by atoms with Gasteiger partial charge in [-0.1, -0.05) is 36.7 Å². The van der Waals surface area contributed by atoms with Crippen LogP contribution in [-0.2, 0) is 4.79 Å². The Morgan fingerprint density at radius 3 is 2.68 bits per heavy atom. The van der Waals surface area contributed by atoms with Crippen LogP contribution in [0.25, 0.3) is 6.08 Å². The molecule has 0 spiro atoms. The molecule has 1 aromatic rings. The molecule has 1 rings (SSSR count). The summed E-state index contributed by atoms with van der Waals surface area (Å²) >= 11 is 3.38. The predicted octanol–water partition coefficient (Wildman–Crippen LogP) is 4.36. The Morgan fingerprint density at radius 1 is 1.42 bits per heavy atom. The van der Waals surface area contributed by atoms with E-state index in [4.69, 9.17) is 9.84 Å². The van der Waals surface area contributed by atoms with E-state index in [2.05, 4.69) is 36.7 Å². The minimum Gasteiger partial charge on any atom is -0.494 e. The highest BCUT2D eigenvalue weighted by molar-refractivity contribution is 9.10. The lowest BCUT2D eigenvalue weighted by atomic mass is 9.93. The van der Waals surface area contributed by atoms with E-state index in [1.165, 1.54) is 0 Å². The van der Waals surface area contributed by atoms with E-state index >= 15 is 0 Å². The second-order valence-corrected chi connectivity index (χ2v) is 6.37. The summed E-state index contributed by atoms with van der Waals surface area (Å²) in [5.41, 5.74) is 1.03. The molecule has 19 heavy (non-hydrogen) atoms. The largest absolute Gasteiger partial charge is 0.494 e. The Kier molecular flexibility index (Phi) is 5.60. The first kappa shape index (κ1) is 15.8. The van der Waals surface area contributed by atoms with Crippen LogP contribution in [0.3, 0.4) is 0 Å². The highest BCUT2D eigenvalue weighted by Crippen LogP contribution is 2.25. The van der Waals surface area contributed by atoms with Gasteiger partial charge in [-0.05, 0) is 41.7 Å². The maximum absolute atomic E-state index is 10.5. The summed E-state index contributed by atoms with van der Waals surface area (Å²) in [6, 6.07) is 5.55. The van der Waals surface area contributed by atoms with Gasteiger partial charge in [-0.2, -0.15) is 0 Å². The van der Waals surface area contributed by atoms with E-state index in [0.29, 0.717) is 6.61 Å². The number of benzene rings is 1. The molecule has 0 aliphatic carbocycles. The highest BCUT2D eigenvalue weighted by Gasteiger charge is 2.10. The van der Waals surface area contributed by atoms with Gasteiger partial charge in [0.2, 0.25) is 0 Å². The molecule has 0 heterocycles. The monoisotopic (exact) mass is 326 g/mol. The van der Waals surface area contributed by atoms with Crippen molar-refractivity contribution in [2.75, 3.05) is 6.61 Å². The Balaban J connectivity index is 2.71. The number of rotatable bonds is 5. The summed E-state index contributed by atoms with van der Waals surface area (Å²) in [6.45, 7) is 7.14. The van der Waals surface area contributed by atoms with Crippen LogP contribution in [-0.4, -0.2) is 17.7 Å². The Hall–Kier alpha value is -1.29. The van der Waals surface area contributed by atoms with Gasteiger partial charge >= 0.3 is 5.97 Å². The zero-order chi connectivity index (χ0) is 14.5. The molecule has 0 saturated heterocycles. The zero-order valence-electron chi connectivity index (χ0n) is 11.4. The predicted molar refractivity (Wildman–Crippen MR) is 80.4 cm³/mol. The maximum atomic E-state index is 10.5. The number of carbonyl (C=O) groups is 1. The lowest BCUT2D eigenvalue weighted by molar-refractivity contribution is -0.131. The summed E-state index contributed by atoms with van der Waals surface area (Å²) in [5, 5.41) is 8.63. The molecule has 0 saturated carbocycles. The first-order valence-corrected chi connectivity index (χ1v) is 6.90. The van der Waals surface area contributed by atoms with Gasteiger partial charge in [0.25, 0.3) is 0 Å². The number of carboxylic acids is 1. The molecule has 0 unspecified atom stereocenters. The third-order valence-corrected chi connectivity index (χ3v) is 3.22. The molecule has 0 aliphatic heterocycles. The summed E-state index contributed by atoms with van der Waals surface area (Å²) in [4.78, 5) is 10.5. The molecule has 0 fully saturated rings. The fourth-order valence-electron chi connectivity index (χ4n) is 1.38. The van der Waals surface area contributed by atoms with Gasteiger partial charge in [0.1, 0.15) is 5.75 Å². The molecule has 1 aromatic carbocycles. The number of carboxylic acid groups (broad SMARTS) is 1. The van der Waals surface area contributed by atoms with Crippen LogP contribution in [0.15, 0.2) is 28.7 Å². The van der Waals surface area contributed by atoms with Crippen molar-refractivity contribution in [2.24, 2.45) is 5.41 Å². The van der Waals surface area contributed by atoms with Gasteiger partial charge in [-0.25, -0.2) is 4.79 Å². The van der Waals surface area contributed by atoms with E-state index in [1.54, 1.807) is 6.08 Å². The third-order valence-electron chi connectivity index (χ3n) is 2.49. The summed E-state index contributed by atoms with van der Waals surface area (Å²) in [7, 11) is 0. The van der Waals surface area contributed by atoms with Crippen LogP contribution in [0.5, 0.6) is 5.75 Å². The molecule has 104 valence electrons.